The number of nitrogens with one attached hydrogen (secondary N) is 3. The molecular weight excluding hydrogens is 368 g/mol. The van der Waals surface area contributed by atoms with Crippen molar-refractivity contribution in [3.8, 4) is 5.88 Å². The molecular formula is C18H21F2N7O. The highest BCUT2D eigenvalue weighted by Gasteiger charge is 2.15. The van der Waals surface area contributed by atoms with Gasteiger partial charge in [0.05, 0.1) is 29.7 Å². The van der Waals surface area contributed by atoms with Gasteiger partial charge in [0.2, 0.25) is 5.88 Å². The van der Waals surface area contributed by atoms with Crippen molar-refractivity contribution >= 4 is 23.1 Å². The van der Waals surface area contributed by atoms with Crippen molar-refractivity contribution in [3.63, 3.8) is 0 Å². The van der Waals surface area contributed by atoms with Gasteiger partial charge in [0.25, 0.3) is 0 Å². The molecule has 8 nitrogen and oxygen atoms in total. The summed E-state index contributed by atoms with van der Waals surface area (Å²) in [5, 5.41) is 12.5. The molecule has 0 saturated heterocycles. The molecule has 3 rings (SSSR count). The van der Waals surface area contributed by atoms with E-state index >= 15 is 0 Å². The molecule has 0 amide bonds. The molecule has 0 aromatic carbocycles. The van der Waals surface area contributed by atoms with E-state index in [0.717, 1.165) is 12.3 Å². The van der Waals surface area contributed by atoms with E-state index in [2.05, 4.69) is 30.8 Å². The lowest BCUT2D eigenvalue weighted by Gasteiger charge is -2.16. The highest BCUT2D eigenvalue weighted by atomic mass is 19.1. The first-order valence-corrected chi connectivity index (χ1v) is 8.65. The number of hydrogen-bond donors (Lipinski definition) is 4. The van der Waals surface area contributed by atoms with Gasteiger partial charge in [0.15, 0.2) is 23.3 Å². The number of nitrogens with zero attached hydrogens (tertiary/aromatic N) is 3. The van der Waals surface area contributed by atoms with Crippen LogP contribution in [0.25, 0.3) is 0 Å². The number of nitrogens with two attached hydrogens (primary N) is 1. The van der Waals surface area contributed by atoms with Gasteiger partial charge in [-0.25, -0.2) is 18.9 Å². The van der Waals surface area contributed by atoms with Crippen LogP contribution < -0.4 is 21.1 Å². The third-order valence-electron chi connectivity index (χ3n) is 3.72. The molecule has 5 N–H and O–H groups in total. The standard InChI is InChI=1S/C18H21F2N7O/c1-9(2)28-16-7-15(26-27-16)24-17-12(20)6-13(21)18(25-17)23-10(3)14-5-4-11(19)8-22-14/h4-10H,21H2,1-3H3,(H3,23,24,25,26,27)/t10-/m0/s1. The van der Waals surface area contributed by atoms with Crippen LogP contribution in [-0.4, -0.2) is 26.3 Å². The van der Waals surface area contributed by atoms with Gasteiger partial charge in [-0.1, -0.05) is 0 Å². The monoisotopic (exact) mass is 389 g/mol. The lowest BCUT2D eigenvalue weighted by molar-refractivity contribution is 0.232. The Morgan fingerprint density at radius 2 is 1.93 bits per heavy atom. The number of aromatic nitrogens is 4. The minimum Gasteiger partial charge on any atom is -0.475 e. The van der Waals surface area contributed by atoms with Crippen molar-refractivity contribution in [1.82, 2.24) is 20.2 Å². The van der Waals surface area contributed by atoms with Crippen molar-refractivity contribution in [2.75, 3.05) is 16.4 Å². The zero-order chi connectivity index (χ0) is 20.3. The van der Waals surface area contributed by atoms with E-state index in [9.17, 15) is 8.78 Å². The molecule has 0 spiro atoms. The third-order valence-corrected chi connectivity index (χ3v) is 3.72. The van der Waals surface area contributed by atoms with Gasteiger partial charge in [-0.2, -0.15) is 5.10 Å². The Morgan fingerprint density at radius 1 is 1.14 bits per heavy atom. The number of nitrogen functional groups attached to an aromatic ring is 1. The van der Waals surface area contributed by atoms with Crippen LogP contribution in [0.3, 0.4) is 0 Å². The molecule has 0 fully saturated rings. The number of hydrogen-bond acceptors (Lipinski definition) is 7. The Labute approximate surface area is 160 Å². The van der Waals surface area contributed by atoms with Crippen LogP contribution in [0.5, 0.6) is 5.88 Å². The molecule has 28 heavy (non-hydrogen) atoms. The second-order valence-corrected chi connectivity index (χ2v) is 6.43. The molecule has 1 atom stereocenters. The smallest absolute Gasteiger partial charge is 0.211 e. The van der Waals surface area contributed by atoms with Crippen molar-refractivity contribution < 1.29 is 13.5 Å². The Bertz CT molecular complexity index is 944. The summed E-state index contributed by atoms with van der Waals surface area (Å²) in [6, 6.07) is 5.27. The first-order valence-electron chi connectivity index (χ1n) is 8.65. The summed E-state index contributed by atoms with van der Waals surface area (Å²) in [6.07, 6.45) is 1.09. The van der Waals surface area contributed by atoms with E-state index in [-0.39, 0.29) is 29.5 Å². The SMILES string of the molecule is CC(C)Oc1cc(Nc2nc(N[C@@H](C)c3ccc(F)cn3)c(N)cc2F)n[nH]1. The van der Waals surface area contributed by atoms with E-state index in [1.165, 1.54) is 6.07 Å². The Kier molecular flexibility index (Phi) is 5.57. The minimum atomic E-state index is -0.634. The topological polar surface area (TPSA) is 114 Å². The van der Waals surface area contributed by atoms with Crippen molar-refractivity contribution in [1.29, 1.82) is 0 Å². The molecule has 0 radical (unpaired) electrons. The molecule has 3 aromatic heterocycles. The molecule has 0 aliphatic heterocycles. The van der Waals surface area contributed by atoms with Crippen LogP contribution in [0.2, 0.25) is 0 Å². The number of H-pyrrole nitrogens is 1. The summed E-state index contributed by atoms with van der Waals surface area (Å²) in [4.78, 5) is 8.22. The third kappa shape index (κ3) is 4.64. The zero-order valence-corrected chi connectivity index (χ0v) is 15.6. The maximum absolute atomic E-state index is 14.3. The Hall–Kier alpha value is -3.43. The molecule has 3 aromatic rings. The fourth-order valence-corrected chi connectivity index (χ4v) is 2.43. The first kappa shape index (κ1) is 19.3. The van der Waals surface area contributed by atoms with E-state index in [0.29, 0.717) is 17.4 Å². The number of halogens is 2. The van der Waals surface area contributed by atoms with Crippen LogP contribution in [0, 0.1) is 11.6 Å². The van der Waals surface area contributed by atoms with E-state index in [1.807, 2.05) is 13.8 Å². The fourth-order valence-electron chi connectivity index (χ4n) is 2.43. The zero-order valence-electron chi connectivity index (χ0n) is 15.6. The van der Waals surface area contributed by atoms with Gasteiger partial charge in [-0.05, 0) is 32.9 Å². The molecule has 3 heterocycles. The number of ether oxygens (including phenoxy) is 1. The van der Waals surface area contributed by atoms with Crippen LogP contribution in [0.4, 0.5) is 31.9 Å². The number of rotatable bonds is 7. The van der Waals surface area contributed by atoms with E-state index in [4.69, 9.17) is 10.5 Å². The average molecular weight is 389 g/mol. The summed E-state index contributed by atoms with van der Waals surface area (Å²) < 4.78 is 32.8. The summed E-state index contributed by atoms with van der Waals surface area (Å²) >= 11 is 0. The largest absolute Gasteiger partial charge is 0.475 e. The normalized spacial score (nSPS) is 12.1. The molecule has 10 heteroatoms. The lowest BCUT2D eigenvalue weighted by atomic mass is 10.2. The number of aromatic amines is 1. The van der Waals surface area contributed by atoms with Crippen LogP contribution in [0.15, 0.2) is 30.5 Å². The van der Waals surface area contributed by atoms with Crippen LogP contribution in [-0.2, 0) is 0 Å². The molecule has 0 unspecified atom stereocenters. The summed E-state index contributed by atoms with van der Waals surface area (Å²) in [5.74, 6) is -0.0735. The van der Waals surface area contributed by atoms with Gasteiger partial charge in [0.1, 0.15) is 5.82 Å². The second kappa shape index (κ2) is 8.07. The van der Waals surface area contributed by atoms with Crippen molar-refractivity contribution in [2.45, 2.75) is 32.9 Å². The van der Waals surface area contributed by atoms with Gasteiger partial charge in [-0.3, -0.25) is 4.98 Å². The minimum absolute atomic E-state index is 0.0305. The molecule has 0 bridgehead atoms. The average Bonchev–Trinajstić information content (AvgIpc) is 3.05. The summed E-state index contributed by atoms with van der Waals surface area (Å²) in [5.41, 5.74) is 6.59. The summed E-state index contributed by atoms with van der Waals surface area (Å²) in [6.45, 7) is 5.56. The van der Waals surface area contributed by atoms with Gasteiger partial charge < -0.3 is 21.1 Å². The predicted molar refractivity (Wildman–Crippen MR) is 102 cm³/mol. The van der Waals surface area contributed by atoms with Crippen molar-refractivity contribution in [2.24, 2.45) is 0 Å². The molecule has 0 aliphatic rings. The summed E-state index contributed by atoms with van der Waals surface area (Å²) in [7, 11) is 0. The maximum atomic E-state index is 14.3. The maximum Gasteiger partial charge on any atom is 0.211 e. The molecule has 0 aliphatic carbocycles. The van der Waals surface area contributed by atoms with Gasteiger partial charge >= 0.3 is 0 Å². The van der Waals surface area contributed by atoms with E-state index < -0.39 is 11.6 Å². The fraction of sp³-hybridized carbons (Fsp3) is 0.278. The first-order chi connectivity index (χ1) is 13.3. The van der Waals surface area contributed by atoms with Gasteiger partial charge in [0, 0.05) is 12.1 Å². The van der Waals surface area contributed by atoms with Crippen LogP contribution in [0.1, 0.15) is 32.5 Å². The van der Waals surface area contributed by atoms with Gasteiger partial charge in [-0.15, -0.1) is 0 Å². The quantitative estimate of drug-likeness (QED) is 0.486. The molecule has 148 valence electrons. The predicted octanol–water partition coefficient (Wildman–Crippen LogP) is 3.76. The van der Waals surface area contributed by atoms with Crippen molar-refractivity contribution in [3.05, 3.63) is 47.8 Å². The highest BCUT2D eigenvalue weighted by molar-refractivity contribution is 5.67. The number of anilines is 4. The molecule has 0 saturated carbocycles. The number of pyridine rings is 2. The van der Waals surface area contributed by atoms with Crippen LogP contribution >= 0.6 is 0 Å². The Morgan fingerprint density at radius 3 is 2.61 bits per heavy atom. The highest BCUT2D eigenvalue weighted by Crippen LogP contribution is 2.28. The second-order valence-electron chi connectivity index (χ2n) is 6.43. The van der Waals surface area contributed by atoms with E-state index in [1.54, 1.807) is 19.1 Å². The lowest BCUT2D eigenvalue weighted by Crippen LogP contribution is -2.13. The Balaban J connectivity index is 1.78.